The molecule has 2 heteroatoms. The number of hydrogen-bond acceptors (Lipinski definition) is 2. The zero-order chi connectivity index (χ0) is 15.6. The van der Waals surface area contributed by atoms with E-state index in [4.69, 9.17) is 0 Å². The Morgan fingerprint density at radius 1 is 1.24 bits per heavy atom. The van der Waals surface area contributed by atoms with Crippen molar-refractivity contribution < 1.29 is 5.11 Å². The van der Waals surface area contributed by atoms with E-state index in [1.165, 1.54) is 36.8 Å². The second-order valence-corrected chi connectivity index (χ2v) is 7.71. The first-order valence-electron chi connectivity index (χ1n) is 8.24. The fourth-order valence-electron chi connectivity index (χ4n) is 3.54. The van der Waals surface area contributed by atoms with E-state index in [1.807, 2.05) is 0 Å². The fourth-order valence-corrected chi connectivity index (χ4v) is 3.54. The van der Waals surface area contributed by atoms with Crippen LogP contribution in [0.1, 0.15) is 62.3 Å². The molecule has 0 bridgehead atoms. The second kappa shape index (κ2) is 6.50. The fraction of sp³-hybridized carbons (Fsp3) is 0.684. The van der Waals surface area contributed by atoms with Gasteiger partial charge >= 0.3 is 0 Å². The van der Waals surface area contributed by atoms with Gasteiger partial charge in [-0.3, -0.25) is 0 Å². The molecule has 1 fully saturated rings. The molecule has 1 aromatic carbocycles. The Morgan fingerprint density at radius 3 is 2.43 bits per heavy atom. The Balaban J connectivity index is 1.94. The summed E-state index contributed by atoms with van der Waals surface area (Å²) in [5, 5.41) is 10.6. The van der Waals surface area contributed by atoms with Gasteiger partial charge in [-0.25, -0.2) is 0 Å². The largest absolute Gasteiger partial charge is 0.387 e. The first-order valence-corrected chi connectivity index (χ1v) is 8.24. The summed E-state index contributed by atoms with van der Waals surface area (Å²) >= 11 is 0. The highest BCUT2D eigenvalue weighted by molar-refractivity contribution is 5.32. The summed E-state index contributed by atoms with van der Waals surface area (Å²) in [6, 6.07) is 6.95. The van der Waals surface area contributed by atoms with Crippen molar-refractivity contribution in [2.75, 3.05) is 13.6 Å². The van der Waals surface area contributed by atoms with Gasteiger partial charge in [-0.15, -0.1) is 0 Å². The van der Waals surface area contributed by atoms with Crippen LogP contribution in [0.5, 0.6) is 0 Å². The Hall–Kier alpha value is -0.860. The summed E-state index contributed by atoms with van der Waals surface area (Å²) in [5.74, 6) is 0. The molecule has 0 radical (unpaired) electrons. The lowest BCUT2D eigenvalue weighted by molar-refractivity contribution is 0.0720. The lowest BCUT2D eigenvalue weighted by Crippen LogP contribution is -2.39. The molecule has 0 heterocycles. The van der Waals surface area contributed by atoms with Crippen LogP contribution >= 0.6 is 0 Å². The number of nitrogens with zero attached hydrogens (tertiary/aromatic N) is 1. The van der Waals surface area contributed by atoms with Crippen LogP contribution in [0, 0.1) is 19.3 Å². The average Bonchev–Trinajstić information content (AvgIpc) is 2.38. The van der Waals surface area contributed by atoms with Crippen LogP contribution in [0.15, 0.2) is 18.2 Å². The van der Waals surface area contributed by atoms with Crippen molar-refractivity contribution in [3.8, 4) is 0 Å². The predicted molar refractivity (Wildman–Crippen MR) is 89.5 cm³/mol. The first kappa shape index (κ1) is 16.5. The Morgan fingerprint density at radius 2 is 1.86 bits per heavy atom. The molecule has 1 aliphatic rings. The van der Waals surface area contributed by atoms with Gasteiger partial charge in [0.05, 0.1) is 6.10 Å². The van der Waals surface area contributed by atoms with Crippen LogP contribution in [-0.2, 0) is 0 Å². The molecule has 1 saturated carbocycles. The maximum Gasteiger partial charge on any atom is 0.0919 e. The van der Waals surface area contributed by atoms with Crippen LogP contribution < -0.4 is 0 Å². The summed E-state index contributed by atoms with van der Waals surface area (Å²) in [7, 11) is 2.16. The van der Waals surface area contributed by atoms with E-state index in [-0.39, 0.29) is 6.10 Å². The van der Waals surface area contributed by atoms with Gasteiger partial charge in [0.2, 0.25) is 0 Å². The number of rotatable bonds is 4. The van der Waals surface area contributed by atoms with E-state index in [0.29, 0.717) is 11.5 Å². The molecular weight excluding hydrogens is 258 g/mol. The summed E-state index contributed by atoms with van der Waals surface area (Å²) in [4.78, 5) is 2.36. The van der Waals surface area contributed by atoms with Gasteiger partial charge in [-0.2, -0.15) is 0 Å². The van der Waals surface area contributed by atoms with Crippen LogP contribution in [0.2, 0.25) is 0 Å². The minimum atomic E-state index is -0.384. The molecule has 2 nitrogen and oxygen atoms in total. The van der Waals surface area contributed by atoms with Gasteiger partial charge in [0.25, 0.3) is 0 Å². The number of hydrogen-bond donors (Lipinski definition) is 1. The minimum Gasteiger partial charge on any atom is -0.387 e. The molecule has 0 spiro atoms. The van der Waals surface area contributed by atoms with E-state index in [1.54, 1.807) is 0 Å². The van der Waals surface area contributed by atoms with E-state index in [9.17, 15) is 5.11 Å². The van der Waals surface area contributed by atoms with Gasteiger partial charge in [0.15, 0.2) is 0 Å². The summed E-state index contributed by atoms with van der Waals surface area (Å²) < 4.78 is 0. The van der Waals surface area contributed by atoms with Gasteiger partial charge in [0, 0.05) is 12.6 Å². The molecule has 0 aromatic heterocycles. The van der Waals surface area contributed by atoms with E-state index in [2.05, 4.69) is 57.8 Å². The van der Waals surface area contributed by atoms with Crippen molar-refractivity contribution in [1.82, 2.24) is 4.90 Å². The van der Waals surface area contributed by atoms with Crippen LogP contribution in [-0.4, -0.2) is 29.6 Å². The number of aryl methyl sites for hydroxylation is 2. The molecule has 1 aliphatic carbocycles. The number of aliphatic hydroxyl groups is 1. The van der Waals surface area contributed by atoms with Gasteiger partial charge in [0.1, 0.15) is 0 Å². The molecule has 0 aliphatic heterocycles. The lowest BCUT2D eigenvalue weighted by Gasteiger charge is -2.39. The highest BCUT2D eigenvalue weighted by Gasteiger charge is 2.29. The molecular formula is C19H31NO. The Bertz CT molecular complexity index is 470. The van der Waals surface area contributed by atoms with E-state index in [0.717, 1.165) is 12.1 Å². The van der Waals surface area contributed by atoms with Gasteiger partial charge in [-0.05, 0) is 63.1 Å². The standard InChI is InChI=1S/C19H31NO/c1-14-6-7-17(15(2)12-14)18(21)13-20(5)16-8-10-19(3,4)11-9-16/h6-7,12,16,18,21H,8-11,13H2,1-5H3. The van der Waals surface area contributed by atoms with Crippen molar-refractivity contribution >= 4 is 0 Å². The average molecular weight is 289 g/mol. The topological polar surface area (TPSA) is 23.5 Å². The van der Waals surface area contributed by atoms with Crippen molar-refractivity contribution in [2.45, 2.75) is 65.5 Å². The molecule has 1 atom stereocenters. The minimum absolute atomic E-state index is 0.384. The maximum atomic E-state index is 10.6. The number of likely N-dealkylation sites (N-methyl/N-ethyl adjacent to an activating group) is 1. The van der Waals surface area contributed by atoms with Crippen LogP contribution in [0.25, 0.3) is 0 Å². The molecule has 0 amide bonds. The van der Waals surface area contributed by atoms with Crippen molar-refractivity contribution in [3.63, 3.8) is 0 Å². The molecule has 1 unspecified atom stereocenters. The SMILES string of the molecule is Cc1ccc(C(O)CN(C)C2CCC(C)(C)CC2)c(C)c1. The Kier molecular flexibility index (Phi) is 5.11. The highest BCUT2D eigenvalue weighted by atomic mass is 16.3. The smallest absolute Gasteiger partial charge is 0.0919 e. The van der Waals surface area contributed by atoms with E-state index < -0.39 is 0 Å². The predicted octanol–water partition coefficient (Wildman–Crippen LogP) is 4.24. The summed E-state index contributed by atoms with van der Waals surface area (Å²) in [5.41, 5.74) is 4.03. The molecule has 2 rings (SSSR count). The normalized spacial score (nSPS) is 20.7. The van der Waals surface area contributed by atoms with Gasteiger partial charge < -0.3 is 10.0 Å². The third-order valence-corrected chi connectivity index (χ3v) is 5.18. The quantitative estimate of drug-likeness (QED) is 0.896. The molecule has 1 aromatic rings. The number of benzene rings is 1. The summed E-state index contributed by atoms with van der Waals surface area (Å²) in [6.45, 7) is 9.66. The van der Waals surface area contributed by atoms with Crippen LogP contribution in [0.3, 0.4) is 0 Å². The zero-order valence-corrected chi connectivity index (χ0v) is 14.3. The lowest BCUT2D eigenvalue weighted by atomic mass is 9.75. The number of aliphatic hydroxyl groups excluding tert-OH is 1. The third kappa shape index (κ3) is 4.31. The molecule has 0 saturated heterocycles. The summed E-state index contributed by atoms with van der Waals surface area (Å²) in [6.07, 6.45) is 4.71. The third-order valence-electron chi connectivity index (χ3n) is 5.18. The van der Waals surface area contributed by atoms with Crippen molar-refractivity contribution in [2.24, 2.45) is 5.41 Å². The highest BCUT2D eigenvalue weighted by Crippen LogP contribution is 2.37. The molecule has 21 heavy (non-hydrogen) atoms. The molecule has 1 N–H and O–H groups in total. The monoisotopic (exact) mass is 289 g/mol. The molecule has 118 valence electrons. The van der Waals surface area contributed by atoms with Gasteiger partial charge in [-0.1, -0.05) is 37.6 Å². The maximum absolute atomic E-state index is 10.6. The van der Waals surface area contributed by atoms with Crippen molar-refractivity contribution in [1.29, 1.82) is 0 Å². The zero-order valence-electron chi connectivity index (χ0n) is 14.3. The van der Waals surface area contributed by atoms with Crippen molar-refractivity contribution in [3.05, 3.63) is 34.9 Å². The van der Waals surface area contributed by atoms with E-state index >= 15 is 0 Å². The van der Waals surface area contributed by atoms with Crippen LogP contribution in [0.4, 0.5) is 0 Å². The Labute approximate surface area is 130 Å². The first-order chi connectivity index (χ1) is 9.78. The second-order valence-electron chi connectivity index (χ2n) is 7.71.